The average molecular weight is 164 g/mol. The van der Waals surface area contributed by atoms with Crippen LogP contribution in [0.15, 0.2) is 0 Å². The summed E-state index contributed by atoms with van der Waals surface area (Å²) < 4.78 is 4.82. The van der Waals surface area contributed by atoms with Crippen molar-refractivity contribution in [2.24, 2.45) is 0 Å². The van der Waals surface area contributed by atoms with E-state index in [1.54, 1.807) is 0 Å². The molecule has 0 aliphatic carbocycles. The molecule has 1 heterocycles. The van der Waals surface area contributed by atoms with E-state index in [0.717, 1.165) is 0 Å². The number of aliphatic hydroxyl groups is 4. The summed E-state index contributed by atoms with van der Waals surface area (Å²) in [4.78, 5) is 0. The van der Waals surface area contributed by atoms with Gasteiger partial charge in [-0.25, -0.2) is 0 Å². The normalized spacial score (nSPS) is 40.9. The van der Waals surface area contributed by atoms with Gasteiger partial charge in [0.05, 0.1) is 13.2 Å². The molecule has 5 heteroatoms. The minimum Gasteiger partial charge on any atom is -0.394 e. The predicted octanol–water partition coefficient (Wildman–Crippen LogP) is -2.54. The Morgan fingerprint density at radius 1 is 1.45 bits per heavy atom. The van der Waals surface area contributed by atoms with Gasteiger partial charge in [-0.1, -0.05) is 0 Å². The molecule has 0 amide bonds. The molecule has 66 valence electrons. The summed E-state index contributed by atoms with van der Waals surface area (Å²) in [6.45, 7) is -0.475. The van der Waals surface area contributed by atoms with E-state index in [-0.39, 0.29) is 6.61 Å². The molecular weight excluding hydrogens is 152 g/mol. The van der Waals surface area contributed by atoms with Gasteiger partial charge in [-0.3, -0.25) is 0 Å². The van der Waals surface area contributed by atoms with E-state index in [0.29, 0.717) is 0 Å². The second-order valence-corrected chi connectivity index (χ2v) is 2.61. The van der Waals surface area contributed by atoms with Crippen LogP contribution in [0.3, 0.4) is 0 Å². The van der Waals surface area contributed by atoms with Crippen LogP contribution in [0, 0.1) is 0 Å². The minimum atomic E-state index is -1.12. The first kappa shape index (κ1) is 8.89. The van der Waals surface area contributed by atoms with E-state index >= 15 is 0 Å². The van der Waals surface area contributed by atoms with E-state index in [1.807, 2.05) is 0 Å². The molecule has 5 nitrogen and oxygen atoms in total. The van der Waals surface area contributed by atoms with Gasteiger partial charge in [-0.05, 0) is 0 Å². The first-order valence-electron chi connectivity index (χ1n) is 3.43. The van der Waals surface area contributed by atoms with Crippen molar-refractivity contribution in [3.8, 4) is 0 Å². The van der Waals surface area contributed by atoms with Gasteiger partial charge in [-0.15, -0.1) is 0 Å². The fourth-order valence-electron chi connectivity index (χ4n) is 1.07. The van der Waals surface area contributed by atoms with Crippen molar-refractivity contribution in [3.05, 3.63) is 0 Å². The summed E-state index contributed by atoms with van der Waals surface area (Å²) in [6.07, 6.45) is -4.05. The zero-order valence-electron chi connectivity index (χ0n) is 5.92. The molecule has 4 atom stereocenters. The number of ether oxygens (including phenoxy) is 1. The Hall–Kier alpha value is -0.200. The summed E-state index contributed by atoms with van der Waals surface area (Å²) in [5.41, 5.74) is 0. The zero-order valence-corrected chi connectivity index (χ0v) is 5.92. The lowest BCUT2D eigenvalue weighted by Gasteiger charge is -2.18. The Labute approximate surface area is 63.8 Å². The Kier molecular flexibility index (Phi) is 2.80. The first-order chi connectivity index (χ1) is 5.16. The highest BCUT2D eigenvalue weighted by Crippen LogP contribution is 2.16. The van der Waals surface area contributed by atoms with Crippen molar-refractivity contribution >= 4 is 0 Å². The highest BCUT2D eigenvalue weighted by Gasteiger charge is 2.38. The maximum absolute atomic E-state index is 9.11. The molecule has 0 bridgehead atoms. The summed E-state index contributed by atoms with van der Waals surface area (Å²) >= 11 is 0. The Morgan fingerprint density at radius 3 is 2.45 bits per heavy atom. The monoisotopic (exact) mass is 164 g/mol. The van der Waals surface area contributed by atoms with Gasteiger partial charge in [-0.2, -0.15) is 0 Å². The molecule has 0 aromatic heterocycles. The zero-order chi connectivity index (χ0) is 8.43. The Bertz CT molecular complexity index is 128. The lowest BCUT2D eigenvalue weighted by Crippen LogP contribution is -2.40. The van der Waals surface area contributed by atoms with Crippen molar-refractivity contribution in [2.45, 2.75) is 24.4 Å². The van der Waals surface area contributed by atoms with Crippen LogP contribution in [0.4, 0.5) is 0 Å². The van der Waals surface area contributed by atoms with Gasteiger partial charge >= 0.3 is 0 Å². The van der Waals surface area contributed by atoms with Crippen LogP contribution in [-0.2, 0) is 4.74 Å². The minimum absolute atomic E-state index is 0.00287. The third-order valence-corrected chi connectivity index (χ3v) is 1.76. The van der Waals surface area contributed by atoms with Crippen molar-refractivity contribution < 1.29 is 25.2 Å². The van der Waals surface area contributed by atoms with Gasteiger partial charge in [0.2, 0.25) is 0 Å². The second-order valence-electron chi connectivity index (χ2n) is 2.61. The summed E-state index contributed by atoms with van der Waals surface area (Å²) in [5.74, 6) is 0. The van der Waals surface area contributed by atoms with Gasteiger partial charge in [0.1, 0.15) is 24.4 Å². The number of aliphatic hydroxyl groups excluding tert-OH is 4. The molecule has 1 fully saturated rings. The topological polar surface area (TPSA) is 90.2 Å². The Morgan fingerprint density at radius 2 is 2.09 bits per heavy atom. The van der Waals surface area contributed by atoms with Crippen LogP contribution in [-0.4, -0.2) is 58.1 Å². The van der Waals surface area contributed by atoms with Gasteiger partial charge < -0.3 is 25.2 Å². The third kappa shape index (κ3) is 1.69. The Balaban J connectivity index is 2.47. The molecule has 0 saturated carbocycles. The van der Waals surface area contributed by atoms with Crippen molar-refractivity contribution in [1.29, 1.82) is 0 Å². The maximum atomic E-state index is 9.11. The molecule has 11 heavy (non-hydrogen) atoms. The van der Waals surface area contributed by atoms with Crippen molar-refractivity contribution in [1.82, 2.24) is 0 Å². The predicted molar refractivity (Wildman–Crippen MR) is 34.8 cm³/mol. The lowest BCUT2D eigenvalue weighted by molar-refractivity contribution is -0.0684. The number of hydrogen-bond acceptors (Lipinski definition) is 5. The fourth-order valence-corrected chi connectivity index (χ4v) is 1.07. The van der Waals surface area contributed by atoms with Crippen LogP contribution >= 0.6 is 0 Å². The molecule has 4 N–H and O–H groups in total. The molecule has 1 aliphatic heterocycles. The lowest BCUT2D eigenvalue weighted by atomic mass is 10.1. The van der Waals surface area contributed by atoms with Crippen LogP contribution in [0.5, 0.6) is 0 Å². The standard InChI is InChI=1S/C6H12O5/c7-1-3(8)6-5(10)4(9)2-11-6/h3-10H,1-2H2/t3?,4-,5+,6?/m1/s1. The smallest absolute Gasteiger partial charge is 0.114 e. The summed E-state index contributed by atoms with van der Waals surface area (Å²) in [7, 11) is 0. The summed E-state index contributed by atoms with van der Waals surface area (Å²) in [6, 6.07) is 0. The molecule has 0 aromatic rings. The van der Waals surface area contributed by atoms with Crippen molar-refractivity contribution in [3.63, 3.8) is 0 Å². The fraction of sp³-hybridized carbons (Fsp3) is 1.00. The third-order valence-electron chi connectivity index (χ3n) is 1.76. The van der Waals surface area contributed by atoms with Crippen LogP contribution in [0.25, 0.3) is 0 Å². The molecular formula is C6H12O5. The molecule has 1 saturated heterocycles. The van der Waals surface area contributed by atoms with Crippen LogP contribution in [0.1, 0.15) is 0 Å². The first-order valence-corrected chi connectivity index (χ1v) is 3.43. The maximum Gasteiger partial charge on any atom is 0.114 e. The van der Waals surface area contributed by atoms with Crippen LogP contribution < -0.4 is 0 Å². The van der Waals surface area contributed by atoms with Gasteiger partial charge in [0.15, 0.2) is 0 Å². The number of hydrogen-bond donors (Lipinski definition) is 4. The van der Waals surface area contributed by atoms with E-state index < -0.39 is 31.0 Å². The van der Waals surface area contributed by atoms with Crippen molar-refractivity contribution in [2.75, 3.05) is 13.2 Å². The summed E-state index contributed by atoms with van der Waals surface area (Å²) in [5, 5.41) is 35.5. The van der Waals surface area contributed by atoms with Crippen LogP contribution in [0.2, 0.25) is 0 Å². The molecule has 0 aromatic carbocycles. The molecule has 2 unspecified atom stereocenters. The van der Waals surface area contributed by atoms with E-state index in [4.69, 9.17) is 25.2 Å². The quantitative estimate of drug-likeness (QED) is 0.361. The average Bonchev–Trinajstić information content (AvgIpc) is 2.32. The SMILES string of the molecule is OCC(O)C1OC[C@@H](O)[C@@H]1O. The molecule has 1 aliphatic rings. The van der Waals surface area contributed by atoms with E-state index in [2.05, 4.69) is 0 Å². The molecule has 0 spiro atoms. The number of rotatable bonds is 2. The molecule has 0 radical (unpaired) electrons. The van der Waals surface area contributed by atoms with Gasteiger partial charge in [0, 0.05) is 0 Å². The largest absolute Gasteiger partial charge is 0.394 e. The highest BCUT2D eigenvalue weighted by molar-refractivity contribution is 4.87. The highest BCUT2D eigenvalue weighted by atomic mass is 16.5. The second kappa shape index (κ2) is 3.46. The van der Waals surface area contributed by atoms with Gasteiger partial charge in [0.25, 0.3) is 0 Å². The van der Waals surface area contributed by atoms with E-state index in [9.17, 15) is 0 Å². The van der Waals surface area contributed by atoms with E-state index in [1.165, 1.54) is 0 Å². The molecule has 1 rings (SSSR count).